The van der Waals surface area contributed by atoms with Crippen molar-refractivity contribution in [3.05, 3.63) is 65.7 Å². The molecular formula is C16H16O3. The van der Waals surface area contributed by atoms with Crippen molar-refractivity contribution in [2.45, 2.75) is 19.4 Å². The van der Waals surface area contributed by atoms with E-state index < -0.39 is 0 Å². The van der Waals surface area contributed by atoms with Crippen LogP contribution in [0.2, 0.25) is 0 Å². The fraction of sp³-hybridized carbons (Fsp3) is 0.188. The van der Waals surface area contributed by atoms with Crippen LogP contribution < -0.4 is 0 Å². The third kappa shape index (κ3) is 3.35. The number of ether oxygens (including phenoxy) is 1. The van der Waals surface area contributed by atoms with Gasteiger partial charge in [-0.1, -0.05) is 37.3 Å². The zero-order valence-corrected chi connectivity index (χ0v) is 10.7. The summed E-state index contributed by atoms with van der Waals surface area (Å²) in [7, 11) is 0. The molecule has 0 heterocycles. The van der Waals surface area contributed by atoms with Crippen molar-refractivity contribution in [3.63, 3.8) is 0 Å². The third-order valence-corrected chi connectivity index (χ3v) is 2.89. The first kappa shape index (κ1) is 13.1. The average Bonchev–Trinajstić information content (AvgIpc) is 2.46. The number of carbonyl (C=O) groups excluding carboxylic acids is 1. The average molecular weight is 256 g/mol. The van der Waals surface area contributed by atoms with Crippen LogP contribution in [-0.2, 0) is 4.74 Å². The molecule has 0 spiro atoms. The molecule has 0 saturated heterocycles. The van der Waals surface area contributed by atoms with Crippen LogP contribution in [0, 0.1) is 0 Å². The molecule has 0 saturated carbocycles. The maximum absolute atomic E-state index is 12.0. The molecule has 0 aromatic heterocycles. The zero-order chi connectivity index (χ0) is 13.7. The number of carbonyl (C=O) groups is 1. The lowest BCUT2D eigenvalue weighted by Crippen LogP contribution is -2.11. The molecule has 0 fully saturated rings. The molecule has 0 aliphatic rings. The fourth-order valence-corrected chi connectivity index (χ4v) is 1.85. The zero-order valence-electron chi connectivity index (χ0n) is 10.7. The number of aromatic hydroxyl groups is 1. The van der Waals surface area contributed by atoms with Gasteiger partial charge >= 0.3 is 5.97 Å². The van der Waals surface area contributed by atoms with Crippen LogP contribution >= 0.6 is 0 Å². The van der Waals surface area contributed by atoms with Gasteiger partial charge in [-0.25, -0.2) is 4.79 Å². The molecule has 0 bridgehead atoms. The summed E-state index contributed by atoms with van der Waals surface area (Å²) in [6, 6.07) is 15.7. The SMILES string of the molecule is CCC(OC(=O)c1ccc(O)cc1)c1ccccc1. The smallest absolute Gasteiger partial charge is 0.338 e. The number of rotatable bonds is 4. The monoisotopic (exact) mass is 256 g/mol. The lowest BCUT2D eigenvalue weighted by atomic mass is 10.1. The van der Waals surface area contributed by atoms with Crippen LogP contribution in [-0.4, -0.2) is 11.1 Å². The lowest BCUT2D eigenvalue weighted by molar-refractivity contribution is 0.0288. The first-order valence-electron chi connectivity index (χ1n) is 6.25. The highest BCUT2D eigenvalue weighted by Gasteiger charge is 2.15. The van der Waals surface area contributed by atoms with Gasteiger partial charge in [-0.2, -0.15) is 0 Å². The second kappa shape index (κ2) is 6.05. The van der Waals surface area contributed by atoms with Gasteiger partial charge in [-0.05, 0) is 36.2 Å². The quantitative estimate of drug-likeness (QED) is 0.848. The maximum Gasteiger partial charge on any atom is 0.338 e. The summed E-state index contributed by atoms with van der Waals surface area (Å²) in [6.45, 7) is 1.97. The van der Waals surface area contributed by atoms with Crippen molar-refractivity contribution in [1.29, 1.82) is 0 Å². The number of hydrogen-bond acceptors (Lipinski definition) is 3. The van der Waals surface area contributed by atoms with Gasteiger partial charge < -0.3 is 9.84 Å². The summed E-state index contributed by atoms with van der Waals surface area (Å²) in [5.41, 5.74) is 1.42. The highest BCUT2D eigenvalue weighted by atomic mass is 16.5. The maximum atomic E-state index is 12.0. The van der Waals surface area contributed by atoms with Crippen molar-refractivity contribution >= 4 is 5.97 Å². The van der Waals surface area contributed by atoms with Gasteiger partial charge in [0.25, 0.3) is 0 Å². The summed E-state index contributed by atoms with van der Waals surface area (Å²) in [5.74, 6) is -0.248. The molecular weight excluding hydrogens is 240 g/mol. The Morgan fingerprint density at radius 3 is 2.32 bits per heavy atom. The number of phenolic OH excluding ortho intramolecular Hbond substituents is 1. The first-order chi connectivity index (χ1) is 9.20. The third-order valence-electron chi connectivity index (χ3n) is 2.89. The van der Waals surface area contributed by atoms with Crippen LogP contribution in [0.5, 0.6) is 5.75 Å². The van der Waals surface area contributed by atoms with Crippen LogP contribution in [0.4, 0.5) is 0 Å². The van der Waals surface area contributed by atoms with Gasteiger partial charge in [-0.3, -0.25) is 0 Å². The van der Waals surface area contributed by atoms with Gasteiger partial charge in [0.2, 0.25) is 0 Å². The highest BCUT2D eigenvalue weighted by molar-refractivity contribution is 5.89. The molecule has 1 N–H and O–H groups in total. The van der Waals surface area contributed by atoms with E-state index >= 15 is 0 Å². The molecule has 2 aromatic rings. The van der Waals surface area contributed by atoms with E-state index in [-0.39, 0.29) is 17.8 Å². The Morgan fingerprint density at radius 1 is 1.11 bits per heavy atom. The number of hydrogen-bond donors (Lipinski definition) is 1. The van der Waals surface area contributed by atoms with E-state index in [1.165, 1.54) is 12.1 Å². The summed E-state index contributed by atoms with van der Waals surface area (Å²) in [5, 5.41) is 9.19. The Balaban J connectivity index is 2.10. The number of esters is 1. The summed E-state index contributed by atoms with van der Waals surface area (Å²) in [4.78, 5) is 12.0. The Morgan fingerprint density at radius 2 is 1.74 bits per heavy atom. The molecule has 3 nitrogen and oxygen atoms in total. The number of benzene rings is 2. The predicted octanol–water partition coefficient (Wildman–Crippen LogP) is 3.70. The largest absolute Gasteiger partial charge is 0.508 e. The molecule has 19 heavy (non-hydrogen) atoms. The molecule has 0 aliphatic heterocycles. The minimum absolute atomic E-state index is 0.131. The summed E-state index contributed by atoms with van der Waals surface area (Å²) >= 11 is 0. The normalized spacial score (nSPS) is 11.8. The van der Waals surface area contributed by atoms with Gasteiger partial charge in [0.15, 0.2) is 0 Å². The minimum atomic E-state index is -0.379. The van der Waals surface area contributed by atoms with Crippen molar-refractivity contribution in [1.82, 2.24) is 0 Å². The molecule has 98 valence electrons. The Bertz CT molecular complexity index is 532. The van der Waals surface area contributed by atoms with Crippen molar-refractivity contribution in [2.75, 3.05) is 0 Å². The standard InChI is InChI=1S/C16H16O3/c1-2-15(12-6-4-3-5-7-12)19-16(18)13-8-10-14(17)11-9-13/h3-11,15,17H,2H2,1H3. The molecule has 0 aliphatic carbocycles. The van der Waals surface area contributed by atoms with E-state index in [9.17, 15) is 9.90 Å². The van der Waals surface area contributed by atoms with E-state index in [2.05, 4.69) is 0 Å². The van der Waals surface area contributed by atoms with Gasteiger partial charge in [-0.15, -0.1) is 0 Å². The van der Waals surface area contributed by atoms with Crippen LogP contribution in [0.25, 0.3) is 0 Å². The molecule has 1 unspecified atom stereocenters. The van der Waals surface area contributed by atoms with Crippen LogP contribution in [0.15, 0.2) is 54.6 Å². The molecule has 2 rings (SSSR count). The molecule has 1 atom stereocenters. The van der Waals surface area contributed by atoms with Gasteiger partial charge in [0, 0.05) is 0 Å². The highest BCUT2D eigenvalue weighted by Crippen LogP contribution is 2.22. The minimum Gasteiger partial charge on any atom is -0.508 e. The predicted molar refractivity (Wildman–Crippen MR) is 73.0 cm³/mol. The summed E-state index contributed by atoms with van der Waals surface area (Å²) < 4.78 is 5.49. The number of phenols is 1. The molecule has 2 aromatic carbocycles. The second-order valence-electron chi connectivity index (χ2n) is 4.26. The van der Waals surface area contributed by atoms with Crippen LogP contribution in [0.3, 0.4) is 0 Å². The van der Waals surface area contributed by atoms with E-state index in [0.717, 1.165) is 5.56 Å². The topological polar surface area (TPSA) is 46.5 Å². The lowest BCUT2D eigenvalue weighted by Gasteiger charge is -2.16. The van der Waals surface area contributed by atoms with Gasteiger partial charge in [0.05, 0.1) is 5.56 Å². The molecule has 0 radical (unpaired) electrons. The Hall–Kier alpha value is -2.29. The second-order valence-corrected chi connectivity index (χ2v) is 4.26. The van der Waals surface area contributed by atoms with Crippen LogP contribution in [0.1, 0.15) is 35.4 Å². The van der Waals surface area contributed by atoms with E-state index in [1.807, 2.05) is 37.3 Å². The Kier molecular flexibility index (Phi) is 4.18. The Labute approximate surface area is 112 Å². The van der Waals surface area contributed by atoms with E-state index in [1.54, 1.807) is 12.1 Å². The fourth-order valence-electron chi connectivity index (χ4n) is 1.85. The van der Waals surface area contributed by atoms with Gasteiger partial charge in [0.1, 0.15) is 11.9 Å². The van der Waals surface area contributed by atoms with E-state index in [4.69, 9.17) is 4.74 Å². The first-order valence-corrected chi connectivity index (χ1v) is 6.25. The van der Waals surface area contributed by atoms with Crippen molar-refractivity contribution < 1.29 is 14.6 Å². The van der Waals surface area contributed by atoms with E-state index in [0.29, 0.717) is 12.0 Å². The van der Waals surface area contributed by atoms with Crippen molar-refractivity contribution in [2.24, 2.45) is 0 Å². The van der Waals surface area contributed by atoms with Crippen molar-refractivity contribution in [3.8, 4) is 5.75 Å². The summed E-state index contributed by atoms with van der Waals surface area (Å²) in [6.07, 6.45) is 0.468. The molecule has 0 amide bonds. The molecule has 3 heteroatoms.